The highest BCUT2D eigenvalue weighted by atomic mass is 35.5. The van der Waals surface area contributed by atoms with E-state index < -0.39 is 0 Å². The molecular formula is C19H14Cl2N2S. The van der Waals surface area contributed by atoms with E-state index in [1.807, 2.05) is 18.3 Å². The van der Waals surface area contributed by atoms with Gasteiger partial charge in [0.1, 0.15) is 0 Å². The van der Waals surface area contributed by atoms with Gasteiger partial charge in [-0.2, -0.15) is 0 Å². The molecule has 2 nitrogen and oxygen atoms in total. The molecule has 1 aliphatic heterocycles. The van der Waals surface area contributed by atoms with Crippen LogP contribution in [0, 0.1) is 0 Å². The predicted molar refractivity (Wildman–Crippen MR) is 103 cm³/mol. The van der Waals surface area contributed by atoms with Crippen molar-refractivity contribution < 1.29 is 0 Å². The molecule has 0 spiro atoms. The Morgan fingerprint density at radius 2 is 1.88 bits per heavy atom. The van der Waals surface area contributed by atoms with Crippen molar-refractivity contribution in [2.75, 3.05) is 6.26 Å². The van der Waals surface area contributed by atoms with Gasteiger partial charge < -0.3 is 4.57 Å². The number of rotatable bonds is 2. The van der Waals surface area contributed by atoms with Gasteiger partial charge in [0.25, 0.3) is 0 Å². The zero-order valence-electron chi connectivity index (χ0n) is 13.0. The van der Waals surface area contributed by atoms with Crippen LogP contribution in [0.2, 0.25) is 10.0 Å². The molecule has 0 aliphatic carbocycles. The van der Waals surface area contributed by atoms with Gasteiger partial charge in [-0.1, -0.05) is 35.3 Å². The van der Waals surface area contributed by atoms with Gasteiger partial charge in [-0.15, -0.1) is 11.8 Å². The van der Waals surface area contributed by atoms with Crippen LogP contribution in [0.3, 0.4) is 0 Å². The summed E-state index contributed by atoms with van der Waals surface area (Å²) in [5, 5.41) is 1.28. The van der Waals surface area contributed by atoms with E-state index in [-0.39, 0.29) is 0 Å². The number of thioether (sulfide) groups is 1. The zero-order valence-corrected chi connectivity index (χ0v) is 15.3. The zero-order chi connectivity index (χ0) is 16.7. The molecule has 0 saturated heterocycles. The molecule has 4 rings (SSSR count). The topological polar surface area (TPSA) is 17.3 Å². The van der Waals surface area contributed by atoms with Crippen molar-refractivity contribution in [1.82, 2.24) is 4.57 Å². The molecule has 24 heavy (non-hydrogen) atoms. The second-order valence-electron chi connectivity index (χ2n) is 5.54. The SMILES string of the molecule is CSc1ccc(C2=NCc3c(Cl)cc(Cl)cc3-n3cccc32)cc1. The van der Waals surface area contributed by atoms with Gasteiger partial charge >= 0.3 is 0 Å². The average Bonchev–Trinajstić information content (AvgIpc) is 3.00. The summed E-state index contributed by atoms with van der Waals surface area (Å²) in [5.41, 5.74) is 5.10. The third-order valence-electron chi connectivity index (χ3n) is 4.15. The molecule has 0 atom stereocenters. The van der Waals surface area contributed by atoms with Crippen molar-refractivity contribution >= 4 is 40.7 Å². The van der Waals surface area contributed by atoms with E-state index in [4.69, 9.17) is 28.2 Å². The number of benzene rings is 2. The molecule has 0 N–H and O–H groups in total. The van der Waals surface area contributed by atoms with Crippen molar-refractivity contribution in [3.8, 4) is 5.69 Å². The Hall–Kier alpha value is -1.68. The summed E-state index contributed by atoms with van der Waals surface area (Å²) in [7, 11) is 0. The van der Waals surface area contributed by atoms with Crippen molar-refractivity contribution in [2.24, 2.45) is 4.99 Å². The van der Waals surface area contributed by atoms with Crippen molar-refractivity contribution in [3.05, 3.63) is 81.6 Å². The molecule has 0 amide bonds. The molecule has 0 bridgehead atoms. The van der Waals surface area contributed by atoms with Crippen molar-refractivity contribution in [2.45, 2.75) is 11.4 Å². The number of fused-ring (bicyclic) bond motifs is 3. The fraction of sp³-hybridized carbons (Fsp3) is 0.105. The van der Waals surface area contributed by atoms with Crippen LogP contribution >= 0.6 is 35.0 Å². The number of nitrogens with zero attached hydrogens (tertiary/aromatic N) is 2. The lowest BCUT2D eigenvalue weighted by Crippen LogP contribution is -2.08. The number of hydrogen-bond donors (Lipinski definition) is 0. The highest BCUT2D eigenvalue weighted by molar-refractivity contribution is 7.98. The fourth-order valence-corrected chi connectivity index (χ4v) is 3.92. The summed E-state index contributed by atoms with van der Waals surface area (Å²) in [5.74, 6) is 0. The molecule has 1 aromatic heterocycles. The highest BCUT2D eigenvalue weighted by Crippen LogP contribution is 2.32. The van der Waals surface area contributed by atoms with E-state index in [0.29, 0.717) is 16.6 Å². The largest absolute Gasteiger partial charge is 0.315 e. The molecule has 0 saturated carbocycles. The monoisotopic (exact) mass is 372 g/mol. The maximum absolute atomic E-state index is 6.42. The molecule has 5 heteroatoms. The van der Waals surface area contributed by atoms with Crippen LogP contribution in [-0.2, 0) is 6.54 Å². The maximum Gasteiger partial charge on any atom is 0.0891 e. The van der Waals surface area contributed by atoms with E-state index in [1.165, 1.54) is 4.90 Å². The smallest absolute Gasteiger partial charge is 0.0891 e. The summed E-state index contributed by atoms with van der Waals surface area (Å²) < 4.78 is 2.11. The normalized spacial score (nSPS) is 13.0. The average molecular weight is 373 g/mol. The van der Waals surface area contributed by atoms with Crippen LogP contribution in [0.4, 0.5) is 0 Å². The van der Waals surface area contributed by atoms with Gasteiger partial charge in [0, 0.05) is 32.3 Å². The summed E-state index contributed by atoms with van der Waals surface area (Å²) >= 11 is 14.4. The van der Waals surface area contributed by atoms with Gasteiger partial charge in [0.2, 0.25) is 0 Å². The lowest BCUT2D eigenvalue weighted by atomic mass is 10.1. The van der Waals surface area contributed by atoms with Crippen LogP contribution in [0.5, 0.6) is 0 Å². The minimum Gasteiger partial charge on any atom is -0.315 e. The Kier molecular flexibility index (Phi) is 4.17. The molecule has 2 aromatic carbocycles. The Morgan fingerprint density at radius 1 is 1.08 bits per heavy atom. The molecule has 0 radical (unpaired) electrons. The van der Waals surface area contributed by atoms with Gasteiger partial charge in [-0.3, -0.25) is 4.99 Å². The first-order chi connectivity index (χ1) is 11.7. The lowest BCUT2D eigenvalue weighted by Gasteiger charge is -2.12. The quantitative estimate of drug-likeness (QED) is 0.515. The third-order valence-corrected chi connectivity index (χ3v) is 5.45. The molecule has 120 valence electrons. The summed E-state index contributed by atoms with van der Waals surface area (Å²) in [4.78, 5) is 6.09. The van der Waals surface area contributed by atoms with E-state index in [1.54, 1.807) is 17.8 Å². The van der Waals surface area contributed by atoms with E-state index >= 15 is 0 Å². The van der Waals surface area contributed by atoms with E-state index in [9.17, 15) is 0 Å². The Labute approximate surface area is 155 Å². The minimum absolute atomic E-state index is 0.534. The number of hydrogen-bond acceptors (Lipinski definition) is 2. The molecular weight excluding hydrogens is 359 g/mol. The van der Waals surface area contributed by atoms with Crippen LogP contribution in [0.15, 0.2) is 64.6 Å². The molecule has 0 fully saturated rings. The van der Waals surface area contributed by atoms with Gasteiger partial charge in [0.15, 0.2) is 0 Å². The predicted octanol–water partition coefficient (Wildman–Crippen LogP) is 5.86. The van der Waals surface area contributed by atoms with Gasteiger partial charge in [-0.25, -0.2) is 0 Å². The number of aromatic nitrogens is 1. The summed E-state index contributed by atoms with van der Waals surface area (Å²) in [6, 6.07) is 16.3. The van der Waals surface area contributed by atoms with Gasteiger partial charge in [0.05, 0.1) is 23.6 Å². The molecule has 1 aliphatic rings. The van der Waals surface area contributed by atoms with Gasteiger partial charge in [-0.05, 0) is 42.7 Å². The van der Waals surface area contributed by atoms with Crippen LogP contribution in [0.1, 0.15) is 16.8 Å². The molecule has 2 heterocycles. The second-order valence-corrected chi connectivity index (χ2v) is 7.27. The van der Waals surface area contributed by atoms with Crippen LogP contribution in [0.25, 0.3) is 5.69 Å². The highest BCUT2D eigenvalue weighted by Gasteiger charge is 2.20. The maximum atomic E-state index is 6.42. The van der Waals surface area contributed by atoms with Crippen molar-refractivity contribution in [3.63, 3.8) is 0 Å². The fourth-order valence-electron chi connectivity index (χ4n) is 2.97. The second kappa shape index (κ2) is 6.32. The van der Waals surface area contributed by atoms with Crippen LogP contribution < -0.4 is 0 Å². The van der Waals surface area contributed by atoms with E-state index in [0.717, 1.165) is 28.2 Å². The standard InChI is InChI=1S/C19H14Cl2N2S/c1-24-14-6-4-12(5-7-14)19-17-3-2-8-23(17)18-10-13(20)9-16(21)15(18)11-22-19/h2-10H,11H2,1H3. The molecule has 3 aromatic rings. The Bertz CT molecular complexity index is 943. The van der Waals surface area contributed by atoms with Crippen LogP contribution in [-0.4, -0.2) is 16.5 Å². The van der Waals surface area contributed by atoms with Crippen molar-refractivity contribution in [1.29, 1.82) is 0 Å². The third kappa shape index (κ3) is 2.67. The Morgan fingerprint density at radius 3 is 2.62 bits per heavy atom. The summed E-state index contributed by atoms with van der Waals surface area (Å²) in [6.45, 7) is 0.534. The lowest BCUT2D eigenvalue weighted by molar-refractivity contribution is 1.02. The summed E-state index contributed by atoms with van der Waals surface area (Å²) in [6.07, 6.45) is 4.10. The first-order valence-corrected chi connectivity index (χ1v) is 9.50. The number of aliphatic imine (C=N–C) groups is 1. The molecule has 0 unspecified atom stereocenters. The first kappa shape index (κ1) is 15.8. The number of halogens is 2. The Balaban J connectivity index is 1.89. The van der Waals surface area contributed by atoms with E-state index in [2.05, 4.69) is 41.2 Å². The first-order valence-electron chi connectivity index (χ1n) is 7.52. The minimum atomic E-state index is 0.534.